The molecule has 2 unspecified atom stereocenters. The third-order valence-corrected chi connectivity index (χ3v) is 6.72. The average Bonchev–Trinajstić information content (AvgIpc) is 2.37. The van der Waals surface area contributed by atoms with Gasteiger partial charge in [-0.25, -0.2) is 13.1 Å². The number of benzene rings is 1. The normalized spacial score (nSPS) is 15.0. The minimum absolute atomic E-state index is 0.0845. The van der Waals surface area contributed by atoms with Gasteiger partial charge in [0.25, 0.3) is 0 Å². The molecule has 21 heavy (non-hydrogen) atoms. The van der Waals surface area contributed by atoms with Gasteiger partial charge >= 0.3 is 0 Å². The number of anilines is 1. The van der Waals surface area contributed by atoms with Crippen LogP contribution in [0.1, 0.15) is 23.6 Å². The monoisotopic (exact) mass is 332 g/mol. The second-order valence-corrected chi connectivity index (χ2v) is 7.96. The van der Waals surface area contributed by atoms with Crippen molar-refractivity contribution in [2.24, 2.45) is 0 Å². The maximum absolute atomic E-state index is 12.7. The molecule has 0 aliphatic rings. The van der Waals surface area contributed by atoms with E-state index in [0.717, 1.165) is 5.56 Å². The molecule has 5 nitrogen and oxygen atoms in total. The van der Waals surface area contributed by atoms with Crippen molar-refractivity contribution in [2.75, 3.05) is 18.6 Å². The molecule has 4 N–H and O–H groups in total. The zero-order valence-electron chi connectivity index (χ0n) is 13.1. The molecule has 0 fully saturated rings. The quantitative estimate of drug-likeness (QED) is 0.688. The van der Waals surface area contributed by atoms with Crippen LogP contribution in [0.5, 0.6) is 0 Å². The van der Waals surface area contributed by atoms with Gasteiger partial charge in [-0.3, -0.25) is 0 Å². The zero-order valence-corrected chi connectivity index (χ0v) is 14.7. The molecule has 0 saturated heterocycles. The van der Waals surface area contributed by atoms with Gasteiger partial charge < -0.3 is 10.8 Å². The molecule has 1 rings (SSSR count). The Labute approximate surface area is 131 Å². The van der Waals surface area contributed by atoms with Crippen LogP contribution >= 0.6 is 11.8 Å². The molecule has 0 heterocycles. The van der Waals surface area contributed by atoms with Crippen molar-refractivity contribution in [1.29, 1.82) is 0 Å². The van der Waals surface area contributed by atoms with Crippen LogP contribution in [-0.2, 0) is 10.0 Å². The van der Waals surface area contributed by atoms with Crippen molar-refractivity contribution in [3.8, 4) is 0 Å². The van der Waals surface area contributed by atoms with E-state index in [1.54, 1.807) is 26.8 Å². The van der Waals surface area contributed by atoms with E-state index >= 15 is 0 Å². The first-order valence-electron chi connectivity index (χ1n) is 6.68. The SMILES string of the molecule is CSC(CO)C(C)NS(=O)(=O)c1c(C)c(C)cc(N)c1C. The highest BCUT2D eigenvalue weighted by Crippen LogP contribution is 2.28. The summed E-state index contributed by atoms with van der Waals surface area (Å²) in [5.74, 6) is 0. The Bertz CT molecular complexity index is 585. The van der Waals surface area contributed by atoms with Crippen LogP contribution in [0.4, 0.5) is 5.69 Å². The number of hydrogen-bond acceptors (Lipinski definition) is 5. The molecule has 0 radical (unpaired) electrons. The van der Waals surface area contributed by atoms with E-state index in [0.29, 0.717) is 16.8 Å². The molecule has 0 spiro atoms. The number of nitrogens with one attached hydrogen (secondary N) is 1. The number of rotatable bonds is 6. The first-order chi connectivity index (χ1) is 9.65. The van der Waals surface area contributed by atoms with Gasteiger partial charge in [0.1, 0.15) is 0 Å². The Balaban J connectivity index is 3.27. The van der Waals surface area contributed by atoms with Crippen LogP contribution in [0.25, 0.3) is 0 Å². The van der Waals surface area contributed by atoms with Crippen molar-refractivity contribution in [1.82, 2.24) is 4.72 Å². The molecular weight excluding hydrogens is 308 g/mol. The maximum atomic E-state index is 12.7. The second-order valence-electron chi connectivity index (χ2n) is 5.23. The average molecular weight is 332 g/mol. The number of nitrogens with two attached hydrogens (primary N) is 1. The number of thioether (sulfide) groups is 1. The van der Waals surface area contributed by atoms with Gasteiger partial charge in [-0.1, -0.05) is 0 Å². The standard InChI is InChI=1S/C14H24N2O3S2/c1-8-6-12(15)10(3)14(9(8)2)21(18,19)16-11(4)13(7-17)20-5/h6,11,13,16-17H,7,15H2,1-5H3. The molecule has 0 aromatic heterocycles. The number of aryl methyl sites for hydroxylation is 1. The number of nitrogen functional groups attached to an aromatic ring is 1. The van der Waals surface area contributed by atoms with E-state index in [1.165, 1.54) is 11.8 Å². The number of aliphatic hydroxyl groups is 1. The Kier molecular flexibility index (Phi) is 6.10. The molecule has 2 atom stereocenters. The summed E-state index contributed by atoms with van der Waals surface area (Å²) in [6.07, 6.45) is 1.84. The van der Waals surface area contributed by atoms with Gasteiger partial charge in [0.05, 0.1) is 11.5 Å². The van der Waals surface area contributed by atoms with Crippen molar-refractivity contribution in [3.63, 3.8) is 0 Å². The molecule has 0 amide bonds. The van der Waals surface area contributed by atoms with Crippen molar-refractivity contribution < 1.29 is 13.5 Å². The summed E-state index contributed by atoms with van der Waals surface area (Å²) in [4.78, 5) is 0.240. The molecule has 0 aliphatic heterocycles. The van der Waals surface area contributed by atoms with Gasteiger partial charge in [0.15, 0.2) is 0 Å². The maximum Gasteiger partial charge on any atom is 0.241 e. The fraction of sp³-hybridized carbons (Fsp3) is 0.571. The van der Waals surface area contributed by atoms with Gasteiger partial charge in [-0.2, -0.15) is 11.8 Å². The van der Waals surface area contributed by atoms with Crippen molar-refractivity contribution in [3.05, 3.63) is 22.8 Å². The first-order valence-corrected chi connectivity index (χ1v) is 9.45. The summed E-state index contributed by atoms with van der Waals surface area (Å²) in [6, 6.07) is 1.40. The smallest absolute Gasteiger partial charge is 0.241 e. The lowest BCUT2D eigenvalue weighted by Gasteiger charge is -2.23. The van der Waals surface area contributed by atoms with Gasteiger partial charge in [-0.15, -0.1) is 0 Å². The highest BCUT2D eigenvalue weighted by Gasteiger charge is 2.26. The third kappa shape index (κ3) is 3.91. The van der Waals surface area contributed by atoms with E-state index in [2.05, 4.69) is 4.72 Å². The topological polar surface area (TPSA) is 92.4 Å². The third-order valence-electron chi connectivity index (χ3n) is 3.73. The Morgan fingerprint density at radius 1 is 1.33 bits per heavy atom. The summed E-state index contributed by atoms with van der Waals surface area (Å²) < 4.78 is 28.0. The summed E-state index contributed by atoms with van der Waals surface area (Å²) in [5, 5.41) is 9.09. The van der Waals surface area contributed by atoms with E-state index in [1.807, 2.05) is 13.2 Å². The highest BCUT2D eigenvalue weighted by atomic mass is 32.2. The van der Waals surface area contributed by atoms with Crippen LogP contribution in [-0.4, -0.2) is 37.7 Å². The lowest BCUT2D eigenvalue weighted by molar-refractivity contribution is 0.282. The molecule has 0 aliphatic carbocycles. The van der Waals surface area contributed by atoms with Crippen LogP contribution in [0.15, 0.2) is 11.0 Å². The van der Waals surface area contributed by atoms with E-state index in [4.69, 9.17) is 5.73 Å². The number of hydrogen-bond donors (Lipinski definition) is 3. The van der Waals surface area contributed by atoms with Crippen LogP contribution in [0.2, 0.25) is 0 Å². The first kappa shape index (κ1) is 18.3. The molecule has 1 aromatic rings. The zero-order chi connectivity index (χ0) is 16.4. The van der Waals surface area contributed by atoms with Crippen molar-refractivity contribution >= 4 is 27.5 Å². The molecule has 1 aromatic carbocycles. The Morgan fingerprint density at radius 3 is 2.38 bits per heavy atom. The minimum Gasteiger partial charge on any atom is -0.398 e. The van der Waals surface area contributed by atoms with Crippen LogP contribution < -0.4 is 10.5 Å². The van der Waals surface area contributed by atoms with E-state index < -0.39 is 10.0 Å². The largest absolute Gasteiger partial charge is 0.398 e. The summed E-state index contributed by atoms with van der Waals surface area (Å²) >= 11 is 1.43. The van der Waals surface area contributed by atoms with Gasteiger partial charge in [0, 0.05) is 17.0 Å². The minimum atomic E-state index is -3.69. The predicted octanol–water partition coefficient (Wildman–Crippen LogP) is 1.58. The predicted molar refractivity (Wildman–Crippen MR) is 89.2 cm³/mol. The number of aliphatic hydroxyl groups excluding tert-OH is 1. The van der Waals surface area contributed by atoms with Gasteiger partial charge in [-0.05, 0) is 56.7 Å². The summed E-state index contributed by atoms with van der Waals surface area (Å²) in [6.45, 7) is 6.99. The molecule has 0 saturated carbocycles. The lowest BCUT2D eigenvalue weighted by Crippen LogP contribution is -2.41. The Hall–Kier alpha value is -0.760. The van der Waals surface area contributed by atoms with E-state index in [9.17, 15) is 13.5 Å². The molecule has 0 bridgehead atoms. The summed E-state index contributed by atoms with van der Waals surface area (Å²) in [5.41, 5.74) is 8.46. The fourth-order valence-corrected chi connectivity index (χ4v) is 4.83. The highest BCUT2D eigenvalue weighted by molar-refractivity contribution is 7.99. The second kappa shape index (κ2) is 7.00. The lowest BCUT2D eigenvalue weighted by atomic mass is 10.1. The summed E-state index contributed by atoms with van der Waals surface area (Å²) in [7, 11) is -3.69. The molecule has 7 heteroatoms. The van der Waals surface area contributed by atoms with E-state index in [-0.39, 0.29) is 22.8 Å². The van der Waals surface area contributed by atoms with Gasteiger partial charge in [0.2, 0.25) is 10.0 Å². The van der Waals surface area contributed by atoms with Crippen molar-refractivity contribution in [2.45, 2.75) is 43.9 Å². The molecular formula is C14H24N2O3S2. The Morgan fingerprint density at radius 2 is 1.90 bits per heavy atom. The number of sulfonamides is 1. The van der Waals surface area contributed by atoms with Crippen LogP contribution in [0, 0.1) is 20.8 Å². The van der Waals surface area contributed by atoms with Crippen LogP contribution in [0.3, 0.4) is 0 Å². The molecule has 120 valence electrons. The fourth-order valence-electron chi connectivity index (χ4n) is 2.26.